The second kappa shape index (κ2) is 2.58. The quantitative estimate of drug-likeness (QED) is 0.701. The van der Waals surface area contributed by atoms with Gasteiger partial charge in [0, 0.05) is 0 Å². The highest BCUT2D eigenvalue weighted by atomic mass is 32.3. The molecule has 2 N–H and O–H groups in total. The molecular formula is C4H7F3O3S. The van der Waals surface area contributed by atoms with Crippen LogP contribution in [0.25, 0.3) is 0 Å². The smallest absolute Gasteiger partial charge is 0.302 e. The first-order valence-electron chi connectivity index (χ1n) is 2.55. The molecular weight excluding hydrogens is 185 g/mol. The van der Waals surface area contributed by atoms with E-state index in [0.717, 1.165) is 6.92 Å². The normalized spacial score (nSPS) is 15.3. The fourth-order valence-corrected chi connectivity index (χ4v) is 0.845. The van der Waals surface area contributed by atoms with E-state index in [1.807, 2.05) is 0 Å². The van der Waals surface area contributed by atoms with Crippen molar-refractivity contribution in [2.24, 2.45) is 0 Å². The van der Waals surface area contributed by atoms with Crippen LogP contribution in [0.2, 0.25) is 0 Å². The molecule has 0 bridgehead atoms. The second-order valence-corrected chi connectivity index (χ2v) is 4.81. The van der Waals surface area contributed by atoms with Gasteiger partial charge in [-0.2, -0.15) is 13.2 Å². The van der Waals surface area contributed by atoms with Gasteiger partial charge in [-0.3, -0.25) is 0 Å². The Labute approximate surface area is 61.0 Å². The van der Waals surface area contributed by atoms with E-state index in [0.29, 0.717) is 0 Å². The number of halogens is 3. The zero-order chi connectivity index (χ0) is 9.31. The van der Waals surface area contributed by atoms with Crippen molar-refractivity contribution in [2.75, 3.05) is 5.75 Å². The van der Waals surface area contributed by atoms with E-state index in [1.54, 1.807) is 0 Å². The summed E-state index contributed by atoms with van der Waals surface area (Å²) in [5.41, 5.74) is 0. The van der Waals surface area contributed by atoms with Gasteiger partial charge in [-0.05, 0) is 0 Å². The van der Waals surface area contributed by atoms with Crippen LogP contribution in [-0.4, -0.2) is 19.1 Å². The molecule has 0 radical (unpaired) electrons. The van der Waals surface area contributed by atoms with E-state index in [2.05, 4.69) is 0 Å². The summed E-state index contributed by atoms with van der Waals surface area (Å²) in [5.74, 6) is -1.000. The summed E-state index contributed by atoms with van der Waals surface area (Å²) < 4.78 is 62.1. The number of hydrogen-bond donors (Lipinski definition) is 2. The van der Waals surface area contributed by atoms with Crippen LogP contribution in [0.15, 0.2) is 11.2 Å². The number of rotatable bonds is 2. The van der Waals surface area contributed by atoms with Crippen LogP contribution in [-0.2, 0) is 9.63 Å². The lowest BCUT2D eigenvalue weighted by molar-refractivity contribution is 0.352. The first-order valence-corrected chi connectivity index (χ1v) is 4.60. The minimum absolute atomic E-state index is 0.914. The van der Waals surface area contributed by atoms with E-state index >= 15 is 0 Å². The molecule has 68 valence electrons. The van der Waals surface area contributed by atoms with Crippen LogP contribution < -0.4 is 0 Å². The van der Waals surface area contributed by atoms with E-state index in [-0.39, 0.29) is 0 Å². The Bertz CT molecular complexity index is 249. The standard InChI is InChI=1S/C4H7F3O3S/c1-2-11(8,9,10)4(7)3(5)6/h2H2,1H3,(H2,8,9,10). The molecule has 0 aliphatic heterocycles. The summed E-state index contributed by atoms with van der Waals surface area (Å²) >= 11 is 0. The summed E-state index contributed by atoms with van der Waals surface area (Å²) in [4.78, 5) is 0. The molecule has 0 aromatic carbocycles. The zero-order valence-corrected chi connectivity index (χ0v) is 6.37. The van der Waals surface area contributed by atoms with Gasteiger partial charge in [0.1, 0.15) is 9.63 Å². The monoisotopic (exact) mass is 192 g/mol. The molecule has 0 spiro atoms. The SMILES string of the molecule is CCS(=O)(O)(O)C(F)=C(F)F. The lowest BCUT2D eigenvalue weighted by Gasteiger charge is -2.25. The summed E-state index contributed by atoms with van der Waals surface area (Å²) in [5, 5.41) is -2.65. The Morgan fingerprint density at radius 3 is 1.82 bits per heavy atom. The van der Waals surface area contributed by atoms with Crippen molar-refractivity contribution in [3.63, 3.8) is 0 Å². The third-order valence-electron chi connectivity index (χ3n) is 1.03. The topological polar surface area (TPSA) is 57.5 Å². The lowest BCUT2D eigenvalue weighted by Crippen LogP contribution is -2.34. The summed E-state index contributed by atoms with van der Waals surface area (Å²) in [6.45, 7) is 0.914. The molecule has 0 fully saturated rings. The molecule has 0 amide bonds. The Balaban J connectivity index is 5.19. The van der Waals surface area contributed by atoms with Crippen molar-refractivity contribution < 1.29 is 26.5 Å². The van der Waals surface area contributed by atoms with E-state index in [1.165, 1.54) is 0 Å². The van der Waals surface area contributed by atoms with Crippen molar-refractivity contribution in [1.29, 1.82) is 0 Å². The fraction of sp³-hybridized carbons (Fsp3) is 0.500. The van der Waals surface area contributed by atoms with Gasteiger partial charge in [-0.1, -0.05) is 6.92 Å². The largest absolute Gasteiger partial charge is 0.317 e. The first-order chi connectivity index (χ1) is 4.69. The van der Waals surface area contributed by atoms with Crippen LogP contribution in [0.5, 0.6) is 0 Å². The minimum Gasteiger partial charge on any atom is -0.302 e. The third kappa shape index (κ3) is 2.28. The average Bonchev–Trinajstić information content (AvgIpc) is 1.86. The first kappa shape index (κ1) is 10.6. The molecule has 3 nitrogen and oxygen atoms in total. The van der Waals surface area contributed by atoms with Gasteiger partial charge in [-0.25, -0.2) is 4.21 Å². The van der Waals surface area contributed by atoms with Crippen molar-refractivity contribution in [3.8, 4) is 0 Å². The molecule has 0 aliphatic carbocycles. The van der Waals surface area contributed by atoms with Gasteiger partial charge in [0.2, 0.25) is 0 Å². The Kier molecular flexibility index (Phi) is 2.48. The Hall–Kier alpha value is -0.400. The molecule has 0 saturated heterocycles. The zero-order valence-electron chi connectivity index (χ0n) is 5.55. The van der Waals surface area contributed by atoms with Crippen molar-refractivity contribution >= 4 is 9.63 Å². The van der Waals surface area contributed by atoms with Gasteiger partial charge in [-0.15, -0.1) is 0 Å². The maximum Gasteiger partial charge on any atom is 0.317 e. The molecule has 0 aliphatic rings. The third-order valence-corrected chi connectivity index (χ3v) is 2.94. The lowest BCUT2D eigenvalue weighted by atomic mass is 11.0. The Morgan fingerprint density at radius 1 is 1.36 bits per heavy atom. The van der Waals surface area contributed by atoms with Crippen LogP contribution in [0, 0.1) is 0 Å². The van der Waals surface area contributed by atoms with Crippen LogP contribution in [0.4, 0.5) is 13.2 Å². The van der Waals surface area contributed by atoms with E-state index in [9.17, 15) is 17.4 Å². The fourth-order valence-electron chi connectivity index (χ4n) is 0.282. The van der Waals surface area contributed by atoms with Crippen LogP contribution >= 0.6 is 0 Å². The maximum atomic E-state index is 12.1. The van der Waals surface area contributed by atoms with Crippen molar-refractivity contribution in [1.82, 2.24) is 0 Å². The molecule has 0 heterocycles. The molecule has 0 aromatic rings. The predicted octanol–water partition coefficient (Wildman–Crippen LogP) is 1.81. The minimum atomic E-state index is -5.85. The van der Waals surface area contributed by atoms with E-state index in [4.69, 9.17) is 9.11 Å². The van der Waals surface area contributed by atoms with Gasteiger partial charge < -0.3 is 9.11 Å². The molecule has 0 atom stereocenters. The predicted molar refractivity (Wildman–Crippen MR) is 34.3 cm³/mol. The molecule has 0 saturated carbocycles. The highest BCUT2D eigenvalue weighted by Crippen LogP contribution is 2.31. The average molecular weight is 192 g/mol. The summed E-state index contributed by atoms with van der Waals surface area (Å²) in [7, 11) is -5.85. The summed E-state index contributed by atoms with van der Waals surface area (Å²) in [6.07, 6.45) is -2.98. The summed E-state index contributed by atoms with van der Waals surface area (Å²) in [6, 6.07) is 0. The van der Waals surface area contributed by atoms with Gasteiger partial charge >= 0.3 is 6.08 Å². The van der Waals surface area contributed by atoms with Crippen LogP contribution in [0.3, 0.4) is 0 Å². The highest BCUT2D eigenvalue weighted by Gasteiger charge is 2.37. The van der Waals surface area contributed by atoms with Crippen LogP contribution in [0.1, 0.15) is 6.92 Å². The van der Waals surface area contributed by atoms with Gasteiger partial charge in [0.05, 0.1) is 5.75 Å². The molecule has 0 unspecified atom stereocenters. The Morgan fingerprint density at radius 2 is 1.73 bits per heavy atom. The second-order valence-electron chi connectivity index (χ2n) is 1.84. The van der Waals surface area contributed by atoms with Crippen molar-refractivity contribution in [2.45, 2.75) is 6.92 Å². The van der Waals surface area contributed by atoms with Crippen molar-refractivity contribution in [3.05, 3.63) is 11.2 Å². The molecule has 0 aromatic heterocycles. The van der Waals surface area contributed by atoms with Gasteiger partial charge in [0.25, 0.3) is 5.16 Å². The highest BCUT2D eigenvalue weighted by molar-refractivity contribution is 8.13. The molecule has 11 heavy (non-hydrogen) atoms. The number of hydrogen-bond acceptors (Lipinski definition) is 1. The molecule has 0 rings (SSSR count). The van der Waals surface area contributed by atoms with E-state index < -0.39 is 26.6 Å². The maximum absolute atomic E-state index is 12.1. The molecule has 7 heteroatoms. The van der Waals surface area contributed by atoms with Gasteiger partial charge in [0.15, 0.2) is 0 Å².